The van der Waals surface area contributed by atoms with Crippen molar-refractivity contribution in [2.45, 2.75) is 13.0 Å². The molecule has 1 atom stereocenters. The average Bonchev–Trinajstić information content (AvgIpc) is 2.15. The van der Waals surface area contributed by atoms with Gasteiger partial charge in [0.25, 0.3) is 0 Å². The molecule has 1 heterocycles. The number of halogens is 3. The molecule has 0 bridgehead atoms. The van der Waals surface area contributed by atoms with Crippen LogP contribution >= 0.6 is 22.6 Å². The number of rotatable bonds is 1. The summed E-state index contributed by atoms with van der Waals surface area (Å²) in [6, 6.07) is 7.07. The van der Waals surface area contributed by atoms with E-state index in [2.05, 4.69) is 38.0 Å². The van der Waals surface area contributed by atoms with Gasteiger partial charge in [0.2, 0.25) is 0 Å². The van der Waals surface area contributed by atoms with Crippen LogP contribution in [0.2, 0.25) is 0 Å². The van der Waals surface area contributed by atoms with Crippen LogP contribution in [0.4, 0.5) is 8.63 Å². The van der Waals surface area contributed by atoms with Gasteiger partial charge in [-0.15, -0.1) is 0 Å². The van der Waals surface area contributed by atoms with Crippen molar-refractivity contribution in [2.75, 3.05) is 0 Å². The fourth-order valence-electron chi connectivity index (χ4n) is 1.41. The van der Waals surface area contributed by atoms with Crippen molar-refractivity contribution in [1.29, 1.82) is 0 Å². The molecule has 1 aliphatic heterocycles. The molecule has 0 aromatic heterocycles. The maximum Gasteiger partial charge on any atom is 0.668 e. The molecule has 16 heavy (non-hydrogen) atoms. The average molecular weight is 336 g/mol. The zero-order valence-electron chi connectivity index (χ0n) is 8.41. The largest absolute Gasteiger partial charge is 0.668 e. The van der Waals surface area contributed by atoms with Crippen molar-refractivity contribution in [1.82, 2.24) is 0 Å². The van der Waals surface area contributed by atoms with Crippen LogP contribution in [0.25, 0.3) is 5.76 Å². The van der Waals surface area contributed by atoms with Crippen LogP contribution in [-0.4, -0.2) is 13.2 Å². The molecule has 0 fully saturated rings. The summed E-state index contributed by atoms with van der Waals surface area (Å²) in [7, 11) is -4.23. The first-order chi connectivity index (χ1) is 7.46. The minimum atomic E-state index is -4.23. The van der Waals surface area contributed by atoms with E-state index in [0.29, 0.717) is 5.56 Å². The van der Waals surface area contributed by atoms with E-state index < -0.39 is 13.2 Å². The van der Waals surface area contributed by atoms with Crippen LogP contribution in [0, 0.1) is 9.65 Å². The van der Waals surface area contributed by atoms with Gasteiger partial charge in [0.15, 0.2) is 11.7 Å². The fraction of sp³-hybridized carbons (Fsp3) is 0.200. The molecule has 0 radical (unpaired) electrons. The third-order valence-electron chi connectivity index (χ3n) is 2.06. The predicted octanol–water partition coefficient (Wildman–Crippen LogP) is 3.25. The van der Waals surface area contributed by atoms with Gasteiger partial charge in [-0.1, -0.05) is 0 Å². The van der Waals surface area contributed by atoms with Crippen molar-refractivity contribution in [3.63, 3.8) is 0 Å². The van der Waals surface area contributed by atoms with Crippen LogP contribution in [0.3, 0.4) is 0 Å². The Bertz CT molecular complexity index is 419. The Hall–Kier alpha value is -0.715. The van der Waals surface area contributed by atoms with Gasteiger partial charge in [-0.05, 0) is 41.6 Å². The zero-order chi connectivity index (χ0) is 11.8. The summed E-state index contributed by atoms with van der Waals surface area (Å²) in [4.78, 5) is 0. The Balaban J connectivity index is 2.30. The van der Waals surface area contributed by atoms with E-state index in [1.807, 2.05) is 12.1 Å². The summed E-state index contributed by atoms with van der Waals surface area (Å²) in [5.74, 6) is 0.0557. The number of hydrogen-bond acceptors (Lipinski definition) is 2. The van der Waals surface area contributed by atoms with E-state index in [1.165, 1.54) is 6.92 Å². The molecule has 2 rings (SSSR count). The summed E-state index contributed by atoms with van der Waals surface area (Å²) in [6.45, 7) is 1.50. The van der Waals surface area contributed by atoms with E-state index >= 15 is 0 Å². The van der Waals surface area contributed by atoms with Crippen molar-refractivity contribution < 1.29 is 17.9 Å². The smallest absolute Gasteiger partial charge is 0.601 e. The van der Waals surface area contributed by atoms with Gasteiger partial charge in [-0.2, -0.15) is 0 Å². The molecule has 0 spiro atoms. The van der Waals surface area contributed by atoms with Gasteiger partial charge >= 0.3 is 12.9 Å². The Morgan fingerprint density at radius 2 is 1.94 bits per heavy atom. The lowest BCUT2D eigenvalue weighted by molar-refractivity contribution is 0.0905. The van der Waals surface area contributed by atoms with Gasteiger partial charge in [-0.25, -0.2) is 0 Å². The highest BCUT2D eigenvalue weighted by molar-refractivity contribution is 14.1. The van der Waals surface area contributed by atoms with E-state index in [0.717, 1.165) is 3.57 Å². The van der Waals surface area contributed by atoms with E-state index in [-0.39, 0.29) is 5.76 Å². The maximum absolute atomic E-state index is 13.0. The summed E-state index contributed by atoms with van der Waals surface area (Å²) in [5, 5.41) is 0. The zero-order valence-corrected chi connectivity index (χ0v) is 10.6. The van der Waals surface area contributed by atoms with Crippen LogP contribution in [0.15, 0.2) is 24.3 Å². The Labute approximate surface area is 106 Å². The third kappa shape index (κ3) is 2.69. The summed E-state index contributed by atoms with van der Waals surface area (Å²) >= 11 is 2.14. The summed E-state index contributed by atoms with van der Waals surface area (Å²) in [6.07, 6.45) is 1.95. The highest BCUT2D eigenvalue weighted by Gasteiger charge is 2.41. The lowest BCUT2D eigenvalue weighted by atomic mass is 10.1. The first-order valence-corrected chi connectivity index (χ1v) is 5.80. The predicted molar refractivity (Wildman–Crippen MR) is 65.4 cm³/mol. The standard InChI is InChI=1S/C10H8BF2IO2/c1-7-6-10(16-11(12,13)15-7)8-2-4-9(14)5-3-8/h2-5,7H,1H3. The molecule has 84 valence electrons. The molecule has 0 aliphatic carbocycles. The summed E-state index contributed by atoms with van der Waals surface area (Å²) < 4.78 is 35.9. The number of hydrogen-bond donors (Lipinski definition) is 0. The van der Waals surface area contributed by atoms with Gasteiger partial charge in [0, 0.05) is 15.7 Å². The SMILES string of the molecule is CC1[C+]=C(c2ccc(I)cc2)O[B-](F)(F)O1. The molecule has 2 nitrogen and oxygen atoms in total. The van der Waals surface area contributed by atoms with Crippen molar-refractivity contribution in [3.8, 4) is 0 Å². The van der Waals surface area contributed by atoms with E-state index in [9.17, 15) is 8.63 Å². The fourth-order valence-corrected chi connectivity index (χ4v) is 1.77. The van der Waals surface area contributed by atoms with Gasteiger partial charge in [-0.3, -0.25) is 0 Å². The molecule has 1 aromatic carbocycles. The molecule has 0 saturated carbocycles. The second kappa shape index (κ2) is 4.27. The van der Waals surface area contributed by atoms with Gasteiger partial charge in [0.1, 0.15) is 6.08 Å². The molecule has 1 aliphatic rings. The van der Waals surface area contributed by atoms with Crippen molar-refractivity contribution >= 4 is 35.5 Å². The molecule has 0 N–H and O–H groups in total. The van der Waals surface area contributed by atoms with E-state index in [1.54, 1.807) is 12.1 Å². The Morgan fingerprint density at radius 3 is 2.50 bits per heavy atom. The van der Waals surface area contributed by atoms with E-state index in [4.69, 9.17) is 0 Å². The molecule has 1 aromatic rings. The van der Waals surface area contributed by atoms with Crippen LogP contribution in [0.5, 0.6) is 0 Å². The molecular formula is C10H8BF2IO2. The molecular weight excluding hydrogens is 328 g/mol. The minimum Gasteiger partial charge on any atom is -0.601 e. The first kappa shape index (κ1) is 11.8. The molecule has 0 saturated heterocycles. The molecule has 0 amide bonds. The quantitative estimate of drug-likeness (QED) is 0.445. The highest BCUT2D eigenvalue weighted by atomic mass is 127. The van der Waals surface area contributed by atoms with Crippen LogP contribution in [-0.2, 0) is 9.31 Å². The number of benzene rings is 1. The monoisotopic (exact) mass is 336 g/mol. The topological polar surface area (TPSA) is 18.5 Å². The minimum absolute atomic E-state index is 0.0557. The van der Waals surface area contributed by atoms with Gasteiger partial charge < -0.3 is 17.9 Å². The Morgan fingerprint density at radius 1 is 1.31 bits per heavy atom. The summed E-state index contributed by atoms with van der Waals surface area (Å²) in [5.41, 5.74) is 0.581. The molecule has 1 unspecified atom stereocenters. The van der Waals surface area contributed by atoms with Crippen LogP contribution in [0.1, 0.15) is 12.5 Å². The van der Waals surface area contributed by atoms with Gasteiger partial charge in [0.05, 0.1) is 0 Å². The molecule has 6 heteroatoms. The lowest BCUT2D eigenvalue weighted by Gasteiger charge is -2.29. The maximum atomic E-state index is 13.0. The van der Waals surface area contributed by atoms with Crippen LogP contribution < -0.4 is 0 Å². The first-order valence-electron chi connectivity index (χ1n) is 4.72. The third-order valence-corrected chi connectivity index (χ3v) is 2.78. The lowest BCUT2D eigenvalue weighted by Crippen LogP contribution is -2.38. The Kier molecular flexibility index (Phi) is 3.14. The van der Waals surface area contributed by atoms with Crippen molar-refractivity contribution in [3.05, 3.63) is 39.5 Å². The second-order valence-corrected chi connectivity index (χ2v) is 4.66. The van der Waals surface area contributed by atoms with Crippen molar-refractivity contribution in [2.24, 2.45) is 0 Å². The normalized spacial score (nSPS) is 23.0. The highest BCUT2D eigenvalue weighted by Crippen LogP contribution is 2.29. The second-order valence-electron chi connectivity index (χ2n) is 3.41.